The van der Waals surface area contributed by atoms with E-state index in [0.717, 1.165) is 5.56 Å². The summed E-state index contributed by atoms with van der Waals surface area (Å²) in [7, 11) is 0. The van der Waals surface area contributed by atoms with Crippen molar-refractivity contribution in [2.45, 2.75) is 23.9 Å². The molecule has 0 bridgehead atoms. The number of β-lactam (4-membered cyclic amide) rings is 1. The molecule has 0 aliphatic carbocycles. The minimum atomic E-state index is -1.03. The highest BCUT2D eigenvalue weighted by Gasteiger charge is 2.55. The normalized spacial score (nSPS) is 24.8. The van der Waals surface area contributed by atoms with Gasteiger partial charge in [0.05, 0.1) is 6.42 Å². The van der Waals surface area contributed by atoms with E-state index in [2.05, 4.69) is 5.32 Å². The van der Waals surface area contributed by atoms with Gasteiger partial charge in [-0.05, 0) is 22.8 Å². The standard InChI is InChI=1S/C17H18N2O4S2/c1-24-8-11-9-25-16-13(15(21)19(16)14(11)17(22)23)18-12(20)7-10-5-3-2-4-6-10/h2-6,9,13-14,16H,7-8H2,1H3,(H,18,20)(H,22,23)/t13-,14?,16+/m1/s1. The van der Waals surface area contributed by atoms with Gasteiger partial charge < -0.3 is 15.3 Å². The van der Waals surface area contributed by atoms with Gasteiger partial charge in [0.1, 0.15) is 11.4 Å². The molecule has 2 heterocycles. The molecule has 1 aromatic carbocycles. The summed E-state index contributed by atoms with van der Waals surface area (Å²) in [5, 5.41) is 13.7. The maximum atomic E-state index is 12.4. The first-order chi connectivity index (χ1) is 12.0. The first kappa shape index (κ1) is 17.9. The monoisotopic (exact) mass is 378 g/mol. The van der Waals surface area contributed by atoms with Crippen molar-refractivity contribution in [2.75, 3.05) is 12.0 Å². The van der Waals surface area contributed by atoms with Gasteiger partial charge in [-0.3, -0.25) is 9.59 Å². The lowest BCUT2D eigenvalue weighted by Crippen LogP contribution is -2.74. The number of nitrogens with zero attached hydrogens (tertiary/aromatic N) is 1. The number of thioether (sulfide) groups is 2. The van der Waals surface area contributed by atoms with Crippen LogP contribution < -0.4 is 5.32 Å². The van der Waals surface area contributed by atoms with Crippen molar-refractivity contribution in [3.05, 3.63) is 46.9 Å². The Bertz CT molecular complexity index is 723. The van der Waals surface area contributed by atoms with Gasteiger partial charge in [0.2, 0.25) is 11.8 Å². The molecule has 3 rings (SSSR count). The summed E-state index contributed by atoms with van der Waals surface area (Å²) in [5.74, 6) is -1.05. The van der Waals surface area contributed by atoms with Gasteiger partial charge >= 0.3 is 5.97 Å². The zero-order valence-corrected chi connectivity index (χ0v) is 15.2. The molecule has 25 heavy (non-hydrogen) atoms. The summed E-state index contributed by atoms with van der Waals surface area (Å²) in [5.41, 5.74) is 1.58. The van der Waals surface area contributed by atoms with E-state index in [9.17, 15) is 19.5 Å². The second kappa shape index (κ2) is 7.53. The number of benzene rings is 1. The quantitative estimate of drug-likeness (QED) is 0.727. The molecule has 2 aliphatic rings. The fourth-order valence-electron chi connectivity index (χ4n) is 3.00. The van der Waals surface area contributed by atoms with Gasteiger partial charge in [0.15, 0.2) is 6.04 Å². The fourth-order valence-corrected chi connectivity index (χ4v) is 4.91. The summed E-state index contributed by atoms with van der Waals surface area (Å²) in [6, 6.07) is 7.67. The molecule has 132 valence electrons. The molecule has 0 radical (unpaired) electrons. The van der Waals surface area contributed by atoms with Crippen LogP contribution in [-0.2, 0) is 20.8 Å². The number of rotatable bonds is 6. The van der Waals surface area contributed by atoms with Gasteiger partial charge in [0, 0.05) is 5.75 Å². The first-order valence-corrected chi connectivity index (χ1v) is 10.1. The second-order valence-corrected chi connectivity index (χ2v) is 7.70. The molecule has 8 heteroatoms. The maximum absolute atomic E-state index is 12.4. The molecule has 2 aliphatic heterocycles. The Kier molecular flexibility index (Phi) is 5.39. The summed E-state index contributed by atoms with van der Waals surface area (Å²) in [4.78, 5) is 37.6. The minimum Gasteiger partial charge on any atom is -0.479 e. The molecule has 0 spiro atoms. The van der Waals surface area contributed by atoms with Crippen molar-refractivity contribution in [3.8, 4) is 0 Å². The van der Waals surface area contributed by atoms with Crippen LogP contribution in [0.3, 0.4) is 0 Å². The smallest absolute Gasteiger partial charge is 0.330 e. The second-order valence-electron chi connectivity index (χ2n) is 5.85. The van der Waals surface area contributed by atoms with Crippen molar-refractivity contribution >= 4 is 41.3 Å². The molecule has 6 nitrogen and oxygen atoms in total. The number of aliphatic carboxylic acids is 1. The van der Waals surface area contributed by atoms with E-state index in [1.54, 1.807) is 0 Å². The van der Waals surface area contributed by atoms with E-state index >= 15 is 0 Å². The van der Waals surface area contributed by atoms with Crippen LogP contribution >= 0.6 is 23.5 Å². The molecular weight excluding hydrogens is 360 g/mol. The largest absolute Gasteiger partial charge is 0.479 e. The predicted molar refractivity (Wildman–Crippen MR) is 98.2 cm³/mol. The predicted octanol–water partition coefficient (Wildman–Crippen LogP) is 1.33. The summed E-state index contributed by atoms with van der Waals surface area (Å²) >= 11 is 2.91. The lowest BCUT2D eigenvalue weighted by molar-refractivity contribution is -0.160. The number of carbonyl (C=O) groups excluding carboxylic acids is 2. The number of hydrogen-bond acceptors (Lipinski definition) is 5. The molecular formula is C17H18N2O4S2. The van der Waals surface area contributed by atoms with Crippen molar-refractivity contribution in [2.24, 2.45) is 0 Å². The highest BCUT2D eigenvalue weighted by atomic mass is 32.2. The lowest BCUT2D eigenvalue weighted by atomic mass is 9.98. The van der Waals surface area contributed by atoms with Crippen LogP contribution in [0.25, 0.3) is 0 Å². The van der Waals surface area contributed by atoms with Gasteiger partial charge in [0.25, 0.3) is 0 Å². The highest BCUT2D eigenvalue weighted by molar-refractivity contribution is 8.03. The van der Waals surface area contributed by atoms with Crippen molar-refractivity contribution in [3.63, 3.8) is 0 Å². The zero-order chi connectivity index (χ0) is 18.0. The molecule has 1 aromatic rings. The zero-order valence-electron chi connectivity index (χ0n) is 13.5. The van der Waals surface area contributed by atoms with Crippen LogP contribution in [0.15, 0.2) is 41.3 Å². The number of carbonyl (C=O) groups is 3. The average Bonchev–Trinajstić information content (AvgIpc) is 2.60. The third-order valence-corrected chi connectivity index (χ3v) is 5.98. The molecule has 0 saturated carbocycles. The van der Waals surface area contributed by atoms with Gasteiger partial charge in [-0.15, -0.1) is 11.8 Å². The van der Waals surface area contributed by atoms with E-state index in [1.165, 1.54) is 28.4 Å². The van der Waals surface area contributed by atoms with E-state index in [4.69, 9.17) is 0 Å². The van der Waals surface area contributed by atoms with Crippen LogP contribution in [0.4, 0.5) is 0 Å². The van der Waals surface area contributed by atoms with Crippen LogP contribution in [0, 0.1) is 0 Å². The first-order valence-electron chi connectivity index (χ1n) is 7.74. The molecule has 1 unspecified atom stereocenters. The van der Waals surface area contributed by atoms with Gasteiger partial charge in [-0.25, -0.2) is 4.79 Å². The maximum Gasteiger partial charge on any atom is 0.330 e. The Morgan fingerprint density at radius 1 is 1.32 bits per heavy atom. The molecule has 3 atom stereocenters. The number of nitrogens with one attached hydrogen (secondary N) is 1. The Labute approximate surface area is 154 Å². The molecule has 0 aromatic heterocycles. The van der Waals surface area contributed by atoms with E-state index in [1.807, 2.05) is 42.0 Å². The van der Waals surface area contributed by atoms with Crippen LogP contribution in [0.5, 0.6) is 0 Å². The SMILES string of the molecule is CSCC1=CS[C@H]2[C@H](NC(=O)Cc3ccccc3)C(=O)N2C1C(=O)O. The number of carboxylic acid groups (broad SMARTS) is 1. The molecule has 1 fully saturated rings. The summed E-state index contributed by atoms with van der Waals surface area (Å²) < 4.78 is 0. The van der Waals surface area contributed by atoms with E-state index in [-0.39, 0.29) is 23.6 Å². The Hall–Kier alpha value is -1.93. The fraction of sp³-hybridized carbons (Fsp3) is 0.353. The third-order valence-electron chi connectivity index (χ3n) is 4.14. The average molecular weight is 378 g/mol. The number of amides is 2. The summed E-state index contributed by atoms with van der Waals surface area (Å²) in [6.45, 7) is 0. The minimum absolute atomic E-state index is 0.192. The number of hydrogen-bond donors (Lipinski definition) is 2. The van der Waals surface area contributed by atoms with E-state index < -0.39 is 18.1 Å². The van der Waals surface area contributed by atoms with Crippen LogP contribution in [-0.4, -0.2) is 57.3 Å². The van der Waals surface area contributed by atoms with Crippen LogP contribution in [0.1, 0.15) is 5.56 Å². The Morgan fingerprint density at radius 2 is 2.04 bits per heavy atom. The molecule has 2 N–H and O–H groups in total. The Balaban J connectivity index is 1.67. The topological polar surface area (TPSA) is 86.7 Å². The summed E-state index contributed by atoms with van der Waals surface area (Å²) in [6.07, 6.45) is 2.08. The lowest BCUT2D eigenvalue weighted by Gasteiger charge is -2.51. The van der Waals surface area contributed by atoms with Crippen molar-refractivity contribution in [1.82, 2.24) is 10.2 Å². The number of carboxylic acids is 1. The van der Waals surface area contributed by atoms with Gasteiger partial charge in [-0.1, -0.05) is 30.3 Å². The highest BCUT2D eigenvalue weighted by Crippen LogP contribution is 2.40. The molecule has 1 saturated heterocycles. The van der Waals surface area contributed by atoms with Gasteiger partial charge in [-0.2, -0.15) is 11.8 Å². The van der Waals surface area contributed by atoms with Crippen molar-refractivity contribution in [1.29, 1.82) is 0 Å². The Morgan fingerprint density at radius 3 is 2.68 bits per heavy atom. The van der Waals surface area contributed by atoms with Crippen LogP contribution in [0.2, 0.25) is 0 Å². The molecule has 2 amide bonds. The third kappa shape index (κ3) is 3.55. The number of fused-ring (bicyclic) bond motifs is 1. The van der Waals surface area contributed by atoms with Crippen molar-refractivity contribution < 1.29 is 19.5 Å². The van der Waals surface area contributed by atoms with E-state index in [0.29, 0.717) is 11.3 Å².